The zero-order chi connectivity index (χ0) is 21.8. The molecule has 0 bridgehead atoms. The Hall–Kier alpha value is -2.82. The van der Waals surface area contributed by atoms with E-state index in [4.69, 9.17) is 0 Å². The predicted molar refractivity (Wildman–Crippen MR) is 123 cm³/mol. The highest BCUT2D eigenvalue weighted by molar-refractivity contribution is 6.03. The number of aryl methyl sites for hydroxylation is 1. The molecule has 2 aromatic carbocycles. The summed E-state index contributed by atoms with van der Waals surface area (Å²) in [4.78, 5) is 30.3. The van der Waals surface area contributed by atoms with Gasteiger partial charge in [0.2, 0.25) is 5.91 Å². The van der Waals surface area contributed by atoms with Crippen molar-refractivity contribution in [1.29, 1.82) is 0 Å². The van der Waals surface area contributed by atoms with Crippen molar-refractivity contribution < 1.29 is 9.59 Å². The van der Waals surface area contributed by atoms with Gasteiger partial charge in [0, 0.05) is 36.6 Å². The number of nitrogens with zero attached hydrogens (tertiary/aromatic N) is 2. The fraction of sp³-hybridized carbons (Fsp3) is 0.440. The molecule has 0 spiro atoms. The first-order valence-corrected chi connectivity index (χ1v) is 10.9. The summed E-state index contributed by atoms with van der Waals surface area (Å²) < 4.78 is 0. The van der Waals surface area contributed by atoms with E-state index in [1.165, 1.54) is 0 Å². The summed E-state index contributed by atoms with van der Waals surface area (Å²) in [6, 6.07) is 13.2. The van der Waals surface area contributed by atoms with Crippen LogP contribution in [-0.2, 0) is 11.3 Å². The van der Waals surface area contributed by atoms with Crippen LogP contribution in [0.25, 0.3) is 0 Å². The summed E-state index contributed by atoms with van der Waals surface area (Å²) in [5.74, 6) is 0.118. The van der Waals surface area contributed by atoms with Gasteiger partial charge in [0.05, 0.1) is 0 Å². The van der Waals surface area contributed by atoms with Crippen LogP contribution in [0.1, 0.15) is 55.6 Å². The molecule has 2 aromatic rings. The summed E-state index contributed by atoms with van der Waals surface area (Å²) in [5, 5.41) is 3.09. The highest BCUT2D eigenvalue weighted by atomic mass is 16.2. The lowest BCUT2D eigenvalue weighted by Gasteiger charge is -2.29. The fourth-order valence-corrected chi connectivity index (χ4v) is 4.14. The molecule has 0 aliphatic carbocycles. The zero-order valence-electron chi connectivity index (χ0n) is 18.7. The molecule has 5 nitrogen and oxygen atoms in total. The number of carbonyl (C=O) groups is 2. The molecular formula is C25H33N3O2. The quantitative estimate of drug-likeness (QED) is 0.680. The lowest BCUT2D eigenvalue weighted by atomic mass is 10.0. The lowest BCUT2D eigenvalue weighted by molar-refractivity contribution is -0.121. The van der Waals surface area contributed by atoms with Gasteiger partial charge in [-0.1, -0.05) is 32.0 Å². The summed E-state index contributed by atoms with van der Waals surface area (Å²) in [5.41, 5.74) is 4.67. The number of fused-ring (bicyclic) bond motifs is 1. The second-order valence-electron chi connectivity index (χ2n) is 8.40. The summed E-state index contributed by atoms with van der Waals surface area (Å²) in [7, 11) is 0. The van der Waals surface area contributed by atoms with Gasteiger partial charge in [-0.25, -0.2) is 0 Å². The number of carbonyl (C=O) groups excluding carboxylic acids is 2. The van der Waals surface area contributed by atoms with Gasteiger partial charge in [0.15, 0.2) is 0 Å². The van der Waals surface area contributed by atoms with Crippen LogP contribution in [0.2, 0.25) is 0 Å². The molecule has 160 valence electrons. The van der Waals surface area contributed by atoms with E-state index in [1.54, 1.807) is 4.90 Å². The average molecular weight is 408 g/mol. The summed E-state index contributed by atoms with van der Waals surface area (Å²) in [6.45, 7) is 12.8. The summed E-state index contributed by atoms with van der Waals surface area (Å²) in [6.07, 6.45) is 0.627. The van der Waals surface area contributed by atoms with Crippen LogP contribution < -0.4 is 10.2 Å². The third kappa shape index (κ3) is 4.50. The molecule has 0 aromatic heterocycles. The zero-order valence-corrected chi connectivity index (χ0v) is 18.7. The van der Waals surface area contributed by atoms with E-state index in [9.17, 15) is 9.59 Å². The molecule has 1 aliphatic heterocycles. The number of rotatable bonds is 8. The van der Waals surface area contributed by atoms with Gasteiger partial charge in [-0.05, 0) is 68.5 Å². The molecule has 0 fully saturated rings. The van der Waals surface area contributed by atoms with Crippen LogP contribution in [0, 0.1) is 12.8 Å². The third-order valence-corrected chi connectivity index (χ3v) is 5.82. The van der Waals surface area contributed by atoms with E-state index in [-0.39, 0.29) is 11.8 Å². The monoisotopic (exact) mass is 407 g/mol. The predicted octanol–water partition coefficient (Wildman–Crippen LogP) is 4.85. The van der Waals surface area contributed by atoms with Gasteiger partial charge in [0.25, 0.3) is 5.91 Å². The Morgan fingerprint density at radius 3 is 2.43 bits per heavy atom. The Bertz CT molecular complexity index is 918. The topological polar surface area (TPSA) is 52.7 Å². The van der Waals surface area contributed by atoms with Gasteiger partial charge in [-0.15, -0.1) is 0 Å². The summed E-state index contributed by atoms with van der Waals surface area (Å²) >= 11 is 0. The number of anilines is 2. The molecule has 30 heavy (non-hydrogen) atoms. The lowest BCUT2D eigenvalue weighted by Crippen LogP contribution is -2.45. The maximum atomic E-state index is 13.3. The molecule has 1 aliphatic rings. The van der Waals surface area contributed by atoms with Crippen LogP contribution in [0.15, 0.2) is 42.5 Å². The highest BCUT2D eigenvalue weighted by Gasteiger charge is 2.36. The van der Waals surface area contributed by atoms with E-state index in [2.05, 4.69) is 44.0 Å². The SMILES string of the molecule is CCN(CC)c1ccc(NC(=O)[C@H](CC(C)C)N2Cc3ccccc3C2=O)c(C)c1. The average Bonchev–Trinajstić information content (AvgIpc) is 3.05. The number of benzene rings is 2. The first-order valence-electron chi connectivity index (χ1n) is 10.9. The molecule has 0 saturated heterocycles. The van der Waals surface area contributed by atoms with Crippen molar-refractivity contribution in [2.75, 3.05) is 23.3 Å². The van der Waals surface area contributed by atoms with Crippen molar-refractivity contribution in [3.63, 3.8) is 0 Å². The number of amides is 2. The van der Waals surface area contributed by atoms with Crippen LogP contribution in [0.3, 0.4) is 0 Å². The number of nitrogens with one attached hydrogen (secondary N) is 1. The van der Waals surface area contributed by atoms with Crippen LogP contribution in [0.5, 0.6) is 0 Å². The van der Waals surface area contributed by atoms with E-state index in [1.807, 2.05) is 43.3 Å². The van der Waals surface area contributed by atoms with Gasteiger partial charge in [-0.2, -0.15) is 0 Å². The second-order valence-corrected chi connectivity index (χ2v) is 8.40. The fourth-order valence-electron chi connectivity index (χ4n) is 4.14. The first-order chi connectivity index (χ1) is 14.3. The largest absolute Gasteiger partial charge is 0.372 e. The molecule has 5 heteroatoms. The second kappa shape index (κ2) is 9.33. The third-order valence-electron chi connectivity index (χ3n) is 5.82. The van der Waals surface area contributed by atoms with Crippen molar-refractivity contribution in [3.8, 4) is 0 Å². The van der Waals surface area contributed by atoms with Gasteiger partial charge in [-0.3, -0.25) is 9.59 Å². The van der Waals surface area contributed by atoms with Gasteiger partial charge < -0.3 is 15.1 Å². The minimum absolute atomic E-state index is 0.0556. The van der Waals surface area contributed by atoms with E-state index in [0.29, 0.717) is 24.4 Å². The molecule has 1 heterocycles. The van der Waals surface area contributed by atoms with Crippen LogP contribution in [0.4, 0.5) is 11.4 Å². The normalized spacial score (nSPS) is 14.1. The molecule has 0 unspecified atom stereocenters. The Morgan fingerprint density at radius 2 is 1.83 bits per heavy atom. The Labute approximate surface area is 180 Å². The van der Waals surface area contributed by atoms with Crippen molar-refractivity contribution in [1.82, 2.24) is 4.90 Å². The molecular weight excluding hydrogens is 374 g/mol. The van der Waals surface area contributed by atoms with Gasteiger partial charge >= 0.3 is 0 Å². The van der Waals surface area contributed by atoms with E-state index < -0.39 is 6.04 Å². The van der Waals surface area contributed by atoms with Gasteiger partial charge in [0.1, 0.15) is 6.04 Å². The van der Waals surface area contributed by atoms with E-state index in [0.717, 1.165) is 35.6 Å². The highest BCUT2D eigenvalue weighted by Crippen LogP contribution is 2.28. The standard InChI is InChI=1S/C25H33N3O2/c1-6-27(7-2)20-12-13-22(18(5)15-20)26-24(29)23(14-17(3)4)28-16-19-10-8-9-11-21(19)25(28)30/h8-13,15,17,23H,6-7,14,16H2,1-5H3,(H,26,29)/t23-/m0/s1. The maximum Gasteiger partial charge on any atom is 0.255 e. The van der Waals surface area contributed by atoms with Crippen LogP contribution in [-0.4, -0.2) is 35.8 Å². The maximum absolute atomic E-state index is 13.3. The van der Waals surface area contributed by atoms with Crippen LogP contribution >= 0.6 is 0 Å². The van der Waals surface area contributed by atoms with Crippen molar-refractivity contribution in [2.24, 2.45) is 5.92 Å². The Kier molecular flexibility index (Phi) is 6.80. The van der Waals surface area contributed by atoms with Crippen molar-refractivity contribution in [3.05, 3.63) is 59.2 Å². The number of hydrogen-bond donors (Lipinski definition) is 1. The molecule has 1 atom stereocenters. The molecule has 3 rings (SSSR count). The minimum Gasteiger partial charge on any atom is -0.372 e. The molecule has 0 radical (unpaired) electrons. The molecule has 2 amide bonds. The first kappa shape index (κ1) is 21.9. The molecule has 0 saturated carbocycles. The van der Waals surface area contributed by atoms with Crippen molar-refractivity contribution >= 4 is 23.2 Å². The Morgan fingerprint density at radius 1 is 1.13 bits per heavy atom. The smallest absolute Gasteiger partial charge is 0.255 e. The van der Waals surface area contributed by atoms with E-state index >= 15 is 0 Å². The Balaban J connectivity index is 1.81. The van der Waals surface area contributed by atoms with Crippen molar-refractivity contribution in [2.45, 2.75) is 53.6 Å². The number of hydrogen-bond acceptors (Lipinski definition) is 3. The molecule has 1 N–H and O–H groups in total. The minimum atomic E-state index is -0.494.